The van der Waals surface area contributed by atoms with Gasteiger partial charge >= 0.3 is 5.97 Å². The summed E-state index contributed by atoms with van der Waals surface area (Å²) in [6, 6.07) is 3.31. The molecule has 0 amide bonds. The number of ether oxygens (including phenoxy) is 1. The first-order valence-corrected chi connectivity index (χ1v) is 3.51. The number of carbonyl (C=O) groups is 1. The van der Waals surface area contributed by atoms with Crippen molar-refractivity contribution >= 4 is 12.2 Å². The Morgan fingerprint density at radius 2 is 2.42 bits per heavy atom. The maximum atomic E-state index is 10.6. The summed E-state index contributed by atoms with van der Waals surface area (Å²) in [6.45, 7) is 0.434. The van der Waals surface area contributed by atoms with Crippen molar-refractivity contribution in [2.24, 2.45) is 0 Å². The quantitative estimate of drug-likeness (QED) is 0.678. The molecule has 1 aromatic rings. The van der Waals surface area contributed by atoms with Gasteiger partial charge in [0.25, 0.3) is 0 Å². The lowest BCUT2D eigenvalue weighted by molar-refractivity contribution is 0.0687. The second-order valence-corrected chi connectivity index (χ2v) is 2.48. The second-order valence-electron chi connectivity index (χ2n) is 2.48. The Bertz CT molecular complexity index is 351. The van der Waals surface area contributed by atoms with Crippen molar-refractivity contribution in [3.05, 3.63) is 29.8 Å². The Labute approximate surface area is 68.7 Å². The van der Waals surface area contributed by atoms with Crippen LogP contribution >= 0.6 is 0 Å². The van der Waals surface area contributed by atoms with E-state index >= 15 is 0 Å². The summed E-state index contributed by atoms with van der Waals surface area (Å²) < 4.78 is 6.60. The lowest BCUT2D eigenvalue weighted by Gasteiger charge is -2.10. The highest BCUT2D eigenvalue weighted by molar-refractivity contribution is 5.87. The number of fused-ring (bicyclic) bond motifs is 1. The molecule has 2 rings (SSSR count). The third-order valence-corrected chi connectivity index (χ3v) is 1.76. The van der Waals surface area contributed by atoms with Crippen LogP contribution in [0.5, 0.6) is 0 Å². The Hall–Kier alpha value is -1.71. The van der Waals surface area contributed by atoms with E-state index in [-0.39, 0.29) is 5.69 Å². The van der Waals surface area contributed by atoms with Gasteiger partial charge in [-0.3, -0.25) is 0 Å². The minimum Gasteiger partial charge on any atom is -0.493 e. The van der Waals surface area contributed by atoms with E-state index < -0.39 is 5.97 Å². The summed E-state index contributed by atoms with van der Waals surface area (Å²) in [6.07, 6.45) is 3.09. The van der Waals surface area contributed by atoms with Gasteiger partial charge in [-0.25, -0.2) is 4.79 Å². The van der Waals surface area contributed by atoms with Gasteiger partial charge in [0.2, 0.25) is 0 Å². The molecule has 0 saturated carbocycles. The maximum absolute atomic E-state index is 10.6. The van der Waals surface area contributed by atoms with Crippen LogP contribution in [0.15, 0.2) is 18.4 Å². The summed E-state index contributed by atoms with van der Waals surface area (Å²) in [5.74, 6) is -0.923. The molecule has 0 radical (unpaired) electrons. The van der Waals surface area contributed by atoms with E-state index in [1.165, 1.54) is 6.26 Å². The molecule has 1 aliphatic rings. The van der Waals surface area contributed by atoms with Crippen LogP contribution in [0.3, 0.4) is 0 Å². The molecule has 62 valence electrons. The number of aromatic nitrogens is 1. The van der Waals surface area contributed by atoms with E-state index in [1.54, 1.807) is 22.9 Å². The molecule has 4 heteroatoms. The molecular formula is C8H7NO3. The Balaban J connectivity index is 2.54. The fourth-order valence-electron chi connectivity index (χ4n) is 1.20. The minimum absolute atomic E-state index is 0.268. The van der Waals surface area contributed by atoms with Gasteiger partial charge in [-0.1, -0.05) is 0 Å². The minimum atomic E-state index is -0.923. The zero-order valence-corrected chi connectivity index (χ0v) is 6.23. The normalized spacial score (nSPS) is 13.7. The van der Waals surface area contributed by atoms with Crippen LogP contribution in [0.1, 0.15) is 16.2 Å². The first kappa shape index (κ1) is 6.97. The average molecular weight is 165 g/mol. The highest BCUT2D eigenvalue weighted by Crippen LogP contribution is 2.14. The van der Waals surface area contributed by atoms with Gasteiger partial charge in [-0.2, -0.15) is 0 Å². The van der Waals surface area contributed by atoms with E-state index in [2.05, 4.69) is 0 Å². The fraction of sp³-hybridized carbons (Fsp3) is 0.125. The number of nitrogens with zero attached hydrogens (tertiary/aromatic N) is 1. The third-order valence-electron chi connectivity index (χ3n) is 1.76. The smallest absolute Gasteiger partial charge is 0.352 e. The molecule has 0 aromatic carbocycles. The van der Waals surface area contributed by atoms with Crippen molar-refractivity contribution in [3.8, 4) is 0 Å². The van der Waals surface area contributed by atoms with E-state index in [4.69, 9.17) is 9.84 Å². The highest BCUT2D eigenvalue weighted by Gasteiger charge is 2.13. The van der Waals surface area contributed by atoms with Gasteiger partial charge in [0.05, 0.1) is 5.69 Å². The Morgan fingerprint density at radius 1 is 1.58 bits per heavy atom. The zero-order chi connectivity index (χ0) is 8.55. The highest BCUT2D eigenvalue weighted by atomic mass is 16.5. The predicted molar refractivity (Wildman–Crippen MR) is 41.5 cm³/mol. The van der Waals surface area contributed by atoms with Crippen LogP contribution in [0.4, 0.5) is 0 Å². The van der Waals surface area contributed by atoms with Crippen LogP contribution in [-0.2, 0) is 11.3 Å². The zero-order valence-electron chi connectivity index (χ0n) is 6.23. The van der Waals surface area contributed by atoms with Crippen LogP contribution in [0.25, 0.3) is 6.20 Å². The monoisotopic (exact) mass is 165 g/mol. The summed E-state index contributed by atoms with van der Waals surface area (Å²) in [5.41, 5.74) is 1.12. The molecule has 4 nitrogen and oxygen atoms in total. The predicted octanol–water partition coefficient (Wildman–Crippen LogP) is 1.14. The second kappa shape index (κ2) is 2.41. The lowest BCUT2D eigenvalue weighted by Crippen LogP contribution is -2.08. The van der Waals surface area contributed by atoms with Gasteiger partial charge in [0.15, 0.2) is 0 Å². The van der Waals surface area contributed by atoms with Crippen molar-refractivity contribution in [2.75, 3.05) is 0 Å². The molecule has 1 N–H and O–H groups in total. The molecule has 0 fully saturated rings. The molecule has 0 unspecified atom stereocenters. The summed E-state index contributed by atoms with van der Waals surface area (Å²) >= 11 is 0. The molecule has 0 bridgehead atoms. The van der Waals surface area contributed by atoms with E-state index in [9.17, 15) is 4.79 Å². The Morgan fingerprint density at radius 3 is 3.17 bits per heavy atom. The number of hydrogen-bond acceptors (Lipinski definition) is 2. The van der Waals surface area contributed by atoms with Crippen LogP contribution in [-0.4, -0.2) is 15.6 Å². The molecular weight excluding hydrogens is 158 g/mol. The first-order chi connectivity index (χ1) is 5.79. The van der Waals surface area contributed by atoms with Crippen molar-refractivity contribution in [3.63, 3.8) is 0 Å². The summed E-state index contributed by atoms with van der Waals surface area (Å²) in [7, 11) is 0. The Kier molecular flexibility index (Phi) is 1.40. The fourth-order valence-corrected chi connectivity index (χ4v) is 1.20. The molecule has 1 aromatic heterocycles. The van der Waals surface area contributed by atoms with Gasteiger partial charge in [-0.05, 0) is 12.1 Å². The van der Waals surface area contributed by atoms with Crippen molar-refractivity contribution in [1.82, 2.24) is 4.57 Å². The van der Waals surface area contributed by atoms with Crippen LogP contribution in [0.2, 0.25) is 0 Å². The van der Waals surface area contributed by atoms with Gasteiger partial charge in [0, 0.05) is 6.20 Å². The standard InChI is InChI=1S/C8H7NO3/c10-8(11)7-2-1-6-5-12-4-3-9(6)7/h1-4H,5H2,(H,10,11). The van der Waals surface area contributed by atoms with Gasteiger partial charge in [0.1, 0.15) is 18.6 Å². The van der Waals surface area contributed by atoms with Crippen molar-refractivity contribution in [1.29, 1.82) is 0 Å². The van der Waals surface area contributed by atoms with Gasteiger partial charge in [-0.15, -0.1) is 0 Å². The third kappa shape index (κ3) is 0.887. The van der Waals surface area contributed by atoms with Gasteiger partial charge < -0.3 is 14.4 Å². The van der Waals surface area contributed by atoms with Crippen LogP contribution < -0.4 is 0 Å². The number of hydrogen-bond donors (Lipinski definition) is 1. The van der Waals surface area contributed by atoms with E-state index in [0.717, 1.165) is 5.69 Å². The number of aromatic carboxylic acids is 1. The molecule has 1 aliphatic heterocycles. The lowest BCUT2D eigenvalue weighted by atomic mass is 10.4. The van der Waals surface area contributed by atoms with E-state index in [0.29, 0.717) is 6.61 Å². The average Bonchev–Trinajstić information content (AvgIpc) is 2.47. The van der Waals surface area contributed by atoms with Crippen molar-refractivity contribution in [2.45, 2.75) is 6.61 Å². The SMILES string of the molecule is O=C(O)c1ccc2n1C=COC2. The molecule has 0 aliphatic carbocycles. The molecule has 0 spiro atoms. The number of carboxylic acid groups (broad SMARTS) is 1. The topological polar surface area (TPSA) is 51.5 Å². The van der Waals surface area contributed by atoms with E-state index in [1.807, 2.05) is 0 Å². The molecule has 0 atom stereocenters. The first-order valence-electron chi connectivity index (χ1n) is 3.51. The summed E-state index contributed by atoms with van der Waals surface area (Å²) in [4.78, 5) is 10.6. The summed E-state index contributed by atoms with van der Waals surface area (Å²) in [5, 5.41) is 8.73. The maximum Gasteiger partial charge on any atom is 0.352 e. The van der Waals surface area contributed by atoms with Crippen LogP contribution in [0, 0.1) is 0 Å². The number of rotatable bonds is 1. The molecule has 0 saturated heterocycles. The van der Waals surface area contributed by atoms with Crippen molar-refractivity contribution < 1.29 is 14.6 Å². The molecule has 12 heavy (non-hydrogen) atoms. The largest absolute Gasteiger partial charge is 0.493 e. The number of carboxylic acids is 1. The molecule has 2 heterocycles.